The SMILES string of the molecule is O=S(=O)(O)N1C=CC=CS1. The maximum Gasteiger partial charge on any atom is 0.369 e. The summed E-state index contributed by atoms with van der Waals surface area (Å²) in [5.74, 6) is 0. The van der Waals surface area contributed by atoms with Crippen molar-refractivity contribution in [2.45, 2.75) is 0 Å². The Labute approximate surface area is 63.2 Å². The fraction of sp³-hybridized carbons (Fsp3) is 0. The second-order valence-electron chi connectivity index (χ2n) is 1.51. The molecule has 0 saturated heterocycles. The van der Waals surface area contributed by atoms with Crippen LogP contribution in [0.5, 0.6) is 0 Å². The van der Waals surface area contributed by atoms with Gasteiger partial charge in [-0.05, 0) is 23.4 Å². The van der Waals surface area contributed by atoms with Crippen LogP contribution in [0.1, 0.15) is 0 Å². The van der Waals surface area contributed by atoms with Gasteiger partial charge in [-0.25, -0.2) is 0 Å². The number of rotatable bonds is 1. The zero-order valence-electron chi connectivity index (χ0n) is 4.84. The molecule has 0 fully saturated rings. The Hall–Kier alpha value is -0.460. The molecule has 6 heteroatoms. The van der Waals surface area contributed by atoms with Crippen molar-refractivity contribution < 1.29 is 13.0 Å². The Balaban J connectivity index is 2.79. The van der Waals surface area contributed by atoms with Gasteiger partial charge in [0.25, 0.3) is 0 Å². The Morgan fingerprint density at radius 1 is 1.40 bits per heavy atom. The Bertz CT molecular complexity index is 266. The van der Waals surface area contributed by atoms with Crippen LogP contribution in [0.15, 0.2) is 23.8 Å². The molecule has 1 N–H and O–H groups in total. The average Bonchev–Trinajstić information content (AvgIpc) is 1.88. The molecular formula is C4H5NO3S2. The van der Waals surface area contributed by atoms with E-state index in [1.54, 1.807) is 11.5 Å². The molecule has 56 valence electrons. The molecule has 1 aliphatic heterocycles. The van der Waals surface area contributed by atoms with Gasteiger partial charge in [-0.15, -0.1) is 0 Å². The van der Waals surface area contributed by atoms with E-state index >= 15 is 0 Å². The van der Waals surface area contributed by atoms with Crippen LogP contribution in [0.3, 0.4) is 0 Å². The third-order valence-electron chi connectivity index (χ3n) is 0.790. The highest BCUT2D eigenvalue weighted by Gasteiger charge is 2.14. The minimum atomic E-state index is -4.07. The molecule has 0 spiro atoms. The summed E-state index contributed by atoms with van der Waals surface area (Å²) >= 11 is 0.898. The van der Waals surface area contributed by atoms with E-state index in [0.717, 1.165) is 15.7 Å². The van der Waals surface area contributed by atoms with Crippen molar-refractivity contribution in [3.05, 3.63) is 23.8 Å². The first-order valence-corrected chi connectivity index (χ1v) is 4.61. The molecule has 0 aliphatic carbocycles. The van der Waals surface area contributed by atoms with Gasteiger partial charge in [-0.3, -0.25) is 4.55 Å². The zero-order chi connectivity index (χ0) is 7.61. The van der Waals surface area contributed by atoms with Gasteiger partial charge in [0.05, 0.1) is 0 Å². The standard InChI is InChI=1S/C4H5NO3S2/c6-10(7,8)5-3-1-2-4-9-5/h1-4H,(H,6,7,8). The van der Waals surface area contributed by atoms with Crippen molar-refractivity contribution in [1.29, 1.82) is 0 Å². The van der Waals surface area contributed by atoms with Crippen molar-refractivity contribution in [2.24, 2.45) is 0 Å². The molecule has 0 aromatic rings. The van der Waals surface area contributed by atoms with Gasteiger partial charge in [0.15, 0.2) is 0 Å². The molecule has 0 aromatic carbocycles. The van der Waals surface area contributed by atoms with Crippen LogP contribution in [0, 0.1) is 0 Å². The predicted octanol–water partition coefficient (Wildman–Crippen LogP) is 0.780. The average molecular weight is 179 g/mol. The second kappa shape index (κ2) is 2.65. The maximum atomic E-state index is 10.4. The minimum Gasteiger partial charge on any atom is -0.268 e. The Morgan fingerprint density at radius 3 is 2.40 bits per heavy atom. The van der Waals surface area contributed by atoms with Crippen LogP contribution >= 0.6 is 11.9 Å². The van der Waals surface area contributed by atoms with Crippen LogP contribution in [0.4, 0.5) is 0 Å². The van der Waals surface area contributed by atoms with E-state index in [0.29, 0.717) is 0 Å². The van der Waals surface area contributed by atoms with Gasteiger partial charge in [0, 0.05) is 6.20 Å². The quantitative estimate of drug-likeness (QED) is 0.477. The van der Waals surface area contributed by atoms with Crippen LogP contribution in [-0.4, -0.2) is 16.7 Å². The maximum absolute atomic E-state index is 10.4. The number of hydrogen-bond acceptors (Lipinski definition) is 3. The highest BCUT2D eigenvalue weighted by atomic mass is 32.3. The molecule has 1 rings (SSSR count). The normalized spacial score (nSPS) is 17.9. The van der Waals surface area contributed by atoms with Gasteiger partial charge in [0.1, 0.15) is 0 Å². The summed E-state index contributed by atoms with van der Waals surface area (Å²) in [5, 5.41) is 1.55. The summed E-state index contributed by atoms with van der Waals surface area (Å²) in [4.78, 5) is 0. The number of allylic oxidation sites excluding steroid dienone is 2. The third-order valence-corrected chi connectivity index (χ3v) is 2.80. The van der Waals surface area contributed by atoms with Gasteiger partial charge in [0.2, 0.25) is 0 Å². The fourth-order valence-electron chi connectivity index (χ4n) is 0.427. The lowest BCUT2D eigenvalue weighted by atomic mass is 10.6. The van der Waals surface area contributed by atoms with Gasteiger partial charge in [-0.2, -0.15) is 12.1 Å². The van der Waals surface area contributed by atoms with Crippen molar-refractivity contribution in [3.63, 3.8) is 0 Å². The Morgan fingerprint density at radius 2 is 2.10 bits per heavy atom. The largest absolute Gasteiger partial charge is 0.369 e. The molecule has 0 bridgehead atoms. The lowest BCUT2D eigenvalue weighted by molar-refractivity contribution is 0.456. The first kappa shape index (κ1) is 7.64. The van der Waals surface area contributed by atoms with Gasteiger partial charge >= 0.3 is 10.3 Å². The molecule has 1 aliphatic rings. The third kappa shape index (κ3) is 1.76. The molecule has 1 heterocycles. The molecule has 0 aromatic heterocycles. The predicted molar refractivity (Wildman–Crippen MR) is 39.3 cm³/mol. The van der Waals surface area contributed by atoms with E-state index in [4.69, 9.17) is 4.55 Å². The van der Waals surface area contributed by atoms with Crippen LogP contribution in [0.2, 0.25) is 0 Å². The molecule has 0 unspecified atom stereocenters. The summed E-state index contributed by atoms with van der Waals surface area (Å²) in [6, 6.07) is 0. The van der Waals surface area contributed by atoms with Gasteiger partial charge in [-0.1, -0.05) is 6.08 Å². The second-order valence-corrected chi connectivity index (χ2v) is 3.91. The summed E-state index contributed by atoms with van der Waals surface area (Å²) in [6.45, 7) is 0. The first-order valence-electron chi connectivity index (χ1n) is 2.37. The topological polar surface area (TPSA) is 57.6 Å². The van der Waals surface area contributed by atoms with E-state index in [1.807, 2.05) is 0 Å². The molecule has 0 radical (unpaired) electrons. The van der Waals surface area contributed by atoms with Crippen molar-refractivity contribution in [3.8, 4) is 0 Å². The molecule has 0 saturated carbocycles. The van der Waals surface area contributed by atoms with E-state index in [2.05, 4.69) is 0 Å². The van der Waals surface area contributed by atoms with Gasteiger partial charge < -0.3 is 0 Å². The van der Waals surface area contributed by atoms with Crippen molar-refractivity contribution in [1.82, 2.24) is 3.71 Å². The lowest BCUT2D eigenvalue weighted by Gasteiger charge is -2.13. The number of hydrogen-bond donors (Lipinski definition) is 1. The fourth-order valence-corrected chi connectivity index (χ4v) is 1.66. The Kier molecular flexibility index (Phi) is 2.02. The number of nitrogens with zero attached hydrogens (tertiary/aromatic N) is 1. The van der Waals surface area contributed by atoms with E-state index in [-0.39, 0.29) is 0 Å². The molecule has 0 atom stereocenters. The molecule has 10 heavy (non-hydrogen) atoms. The van der Waals surface area contributed by atoms with Crippen LogP contribution in [0.25, 0.3) is 0 Å². The van der Waals surface area contributed by atoms with E-state index < -0.39 is 10.3 Å². The summed E-state index contributed by atoms with van der Waals surface area (Å²) < 4.78 is 29.9. The summed E-state index contributed by atoms with van der Waals surface area (Å²) in [5.41, 5.74) is 0. The molecular weight excluding hydrogens is 174 g/mol. The van der Waals surface area contributed by atoms with Crippen molar-refractivity contribution >= 4 is 22.3 Å². The zero-order valence-corrected chi connectivity index (χ0v) is 6.47. The smallest absolute Gasteiger partial charge is 0.268 e. The van der Waals surface area contributed by atoms with E-state index in [9.17, 15) is 8.42 Å². The highest BCUT2D eigenvalue weighted by Crippen LogP contribution is 2.19. The lowest BCUT2D eigenvalue weighted by Crippen LogP contribution is -2.17. The molecule has 0 amide bonds. The monoisotopic (exact) mass is 179 g/mol. The van der Waals surface area contributed by atoms with Crippen LogP contribution in [-0.2, 0) is 10.3 Å². The minimum absolute atomic E-state index is 0.757. The van der Waals surface area contributed by atoms with Crippen LogP contribution < -0.4 is 0 Å². The van der Waals surface area contributed by atoms with Crippen molar-refractivity contribution in [2.75, 3.05) is 0 Å². The summed E-state index contributed by atoms with van der Waals surface area (Å²) in [7, 11) is -4.07. The molecule has 4 nitrogen and oxygen atoms in total. The summed E-state index contributed by atoms with van der Waals surface area (Å²) in [6.07, 6.45) is 4.45. The first-order chi connectivity index (χ1) is 4.61. The highest BCUT2D eigenvalue weighted by molar-refractivity contribution is 8.08. The van der Waals surface area contributed by atoms with E-state index in [1.165, 1.54) is 12.3 Å².